The van der Waals surface area contributed by atoms with Crippen LogP contribution in [0.1, 0.15) is 32.3 Å². The monoisotopic (exact) mass is 335 g/mol. The van der Waals surface area contributed by atoms with Crippen molar-refractivity contribution < 1.29 is 17.9 Å². The summed E-state index contributed by atoms with van der Waals surface area (Å²) in [7, 11) is -3.79. The van der Waals surface area contributed by atoms with Gasteiger partial charge >= 0.3 is 0 Å². The minimum absolute atomic E-state index is 0.0768. The van der Waals surface area contributed by atoms with E-state index < -0.39 is 22.4 Å². The van der Waals surface area contributed by atoms with Crippen molar-refractivity contribution in [2.75, 3.05) is 6.54 Å². The molecule has 1 N–H and O–H groups in total. The van der Waals surface area contributed by atoms with Crippen LogP contribution in [0.5, 0.6) is 0 Å². The summed E-state index contributed by atoms with van der Waals surface area (Å²) in [6.07, 6.45) is 1.76. The Morgan fingerprint density at radius 3 is 2.71 bits per heavy atom. The summed E-state index contributed by atoms with van der Waals surface area (Å²) in [5.41, 5.74) is 0.0768. The lowest BCUT2D eigenvalue weighted by molar-refractivity contribution is 0.202. The first-order valence-electron chi connectivity index (χ1n) is 6.89. The molecule has 0 amide bonds. The zero-order valence-corrected chi connectivity index (χ0v) is 13.6. The third-order valence-electron chi connectivity index (χ3n) is 4.17. The Kier molecular flexibility index (Phi) is 4.92. The van der Waals surface area contributed by atoms with Gasteiger partial charge in [-0.3, -0.25) is 0 Å². The fourth-order valence-corrected chi connectivity index (χ4v) is 4.65. The van der Waals surface area contributed by atoms with E-state index in [1.165, 1.54) is 10.4 Å². The van der Waals surface area contributed by atoms with Crippen LogP contribution in [0.4, 0.5) is 4.39 Å². The largest absolute Gasteiger partial charge is 0.392 e. The fraction of sp³-hybridized carbons (Fsp3) is 0.571. The quantitative estimate of drug-likeness (QED) is 0.924. The minimum Gasteiger partial charge on any atom is -0.392 e. The third kappa shape index (κ3) is 3.08. The molecular weight excluding hydrogens is 317 g/mol. The Morgan fingerprint density at radius 2 is 2.10 bits per heavy atom. The average Bonchev–Trinajstić information content (AvgIpc) is 2.44. The molecule has 0 saturated carbocycles. The van der Waals surface area contributed by atoms with E-state index >= 15 is 0 Å². The lowest BCUT2D eigenvalue weighted by Crippen LogP contribution is -2.45. The highest BCUT2D eigenvalue weighted by Crippen LogP contribution is 2.31. The Hall–Kier alpha value is -0.690. The highest BCUT2D eigenvalue weighted by Gasteiger charge is 2.35. The zero-order valence-electron chi connectivity index (χ0n) is 12.0. The summed E-state index contributed by atoms with van der Waals surface area (Å²) in [4.78, 5) is -0.158. The van der Waals surface area contributed by atoms with E-state index in [-0.39, 0.29) is 27.4 Å². The lowest BCUT2D eigenvalue weighted by atomic mass is 9.94. The molecular formula is C14H19ClFNO3S. The van der Waals surface area contributed by atoms with Crippen molar-refractivity contribution in [1.29, 1.82) is 0 Å². The van der Waals surface area contributed by atoms with Crippen LogP contribution in [-0.2, 0) is 16.6 Å². The maximum atomic E-state index is 13.8. The van der Waals surface area contributed by atoms with Gasteiger partial charge in [0, 0.05) is 18.2 Å². The van der Waals surface area contributed by atoms with E-state index in [9.17, 15) is 17.9 Å². The predicted octanol–water partition coefficient (Wildman–Crippen LogP) is 2.78. The molecule has 0 radical (unpaired) electrons. The molecule has 4 nitrogen and oxygen atoms in total. The number of aliphatic hydroxyl groups is 1. The Morgan fingerprint density at radius 1 is 1.43 bits per heavy atom. The lowest BCUT2D eigenvalue weighted by Gasteiger charge is -2.36. The van der Waals surface area contributed by atoms with Crippen molar-refractivity contribution in [2.24, 2.45) is 5.92 Å². The van der Waals surface area contributed by atoms with Crippen LogP contribution in [-0.4, -0.2) is 30.4 Å². The molecule has 2 unspecified atom stereocenters. The molecule has 21 heavy (non-hydrogen) atoms. The SMILES string of the molecule is CC1CCCN(S(=O)(=O)c2cc(F)c(Cl)c(CO)c2)C1C. The first-order chi connectivity index (χ1) is 9.78. The first kappa shape index (κ1) is 16.7. The van der Waals surface area contributed by atoms with Crippen molar-refractivity contribution in [3.63, 3.8) is 0 Å². The first-order valence-corrected chi connectivity index (χ1v) is 8.71. The van der Waals surface area contributed by atoms with Crippen LogP contribution < -0.4 is 0 Å². The number of nitrogens with zero attached hydrogens (tertiary/aromatic N) is 1. The van der Waals surface area contributed by atoms with E-state index in [2.05, 4.69) is 0 Å². The van der Waals surface area contributed by atoms with Crippen LogP contribution >= 0.6 is 11.6 Å². The van der Waals surface area contributed by atoms with Gasteiger partial charge in [0.05, 0.1) is 16.5 Å². The number of hydrogen-bond donors (Lipinski definition) is 1. The molecule has 1 saturated heterocycles. The van der Waals surface area contributed by atoms with Crippen LogP contribution in [0.25, 0.3) is 0 Å². The summed E-state index contributed by atoms with van der Waals surface area (Å²) in [5, 5.41) is 8.94. The van der Waals surface area contributed by atoms with E-state index in [1.54, 1.807) is 0 Å². The minimum atomic E-state index is -3.79. The molecule has 1 heterocycles. The van der Waals surface area contributed by atoms with Gasteiger partial charge in [0.2, 0.25) is 10.0 Å². The highest BCUT2D eigenvalue weighted by molar-refractivity contribution is 7.89. The van der Waals surface area contributed by atoms with Gasteiger partial charge < -0.3 is 5.11 Å². The van der Waals surface area contributed by atoms with Gasteiger partial charge in [0.15, 0.2) is 0 Å². The zero-order chi connectivity index (χ0) is 15.8. The van der Waals surface area contributed by atoms with Crippen molar-refractivity contribution in [1.82, 2.24) is 4.31 Å². The maximum Gasteiger partial charge on any atom is 0.243 e. The van der Waals surface area contributed by atoms with E-state index in [4.69, 9.17) is 11.6 Å². The van der Waals surface area contributed by atoms with Crippen molar-refractivity contribution in [3.05, 3.63) is 28.5 Å². The molecule has 0 spiro atoms. The highest BCUT2D eigenvalue weighted by atomic mass is 35.5. The van der Waals surface area contributed by atoms with E-state index in [0.717, 1.165) is 18.9 Å². The molecule has 7 heteroatoms. The molecule has 1 aliphatic rings. The Balaban J connectivity index is 2.46. The van der Waals surface area contributed by atoms with Crippen LogP contribution in [0.3, 0.4) is 0 Å². The third-order valence-corrected chi connectivity index (χ3v) is 6.56. The number of benzene rings is 1. The average molecular weight is 336 g/mol. The van der Waals surface area contributed by atoms with Crippen molar-refractivity contribution in [2.45, 2.75) is 44.2 Å². The molecule has 0 aromatic heterocycles. The molecule has 0 aliphatic carbocycles. The van der Waals surface area contributed by atoms with Gasteiger partial charge in [-0.1, -0.05) is 18.5 Å². The number of sulfonamides is 1. The maximum absolute atomic E-state index is 13.8. The molecule has 118 valence electrons. The topological polar surface area (TPSA) is 57.6 Å². The molecule has 1 aromatic rings. The van der Waals surface area contributed by atoms with Gasteiger partial charge in [-0.05, 0) is 37.8 Å². The standard InChI is InChI=1S/C14H19ClFNO3S/c1-9-4-3-5-17(10(9)2)21(19,20)12-6-11(8-18)14(15)13(16)7-12/h6-7,9-10,18H,3-5,8H2,1-2H3. The second kappa shape index (κ2) is 6.20. The van der Waals surface area contributed by atoms with Gasteiger partial charge in [-0.2, -0.15) is 4.31 Å². The van der Waals surface area contributed by atoms with Gasteiger partial charge in [0.25, 0.3) is 0 Å². The van der Waals surface area contributed by atoms with Crippen molar-refractivity contribution >= 4 is 21.6 Å². The molecule has 1 aliphatic heterocycles. The molecule has 1 fully saturated rings. The van der Waals surface area contributed by atoms with E-state index in [1.807, 2.05) is 13.8 Å². The summed E-state index contributed by atoms with van der Waals surface area (Å²) in [6.45, 7) is 3.78. The number of hydrogen-bond acceptors (Lipinski definition) is 3. The smallest absolute Gasteiger partial charge is 0.243 e. The van der Waals surface area contributed by atoms with Gasteiger partial charge in [0.1, 0.15) is 5.82 Å². The molecule has 2 rings (SSSR count). The van der Waals surface area contributed by atoms with Crippen LogP contribution in [0, 0.1) is 11.7 Å². The fourth-order valence-electron chi connectivity index (χ4n) is 2.65. The molecule has 1 aromatic carbocycles. The number of halogens is 2. The number of aliphatic hydroxyl groups excluding tert-OH is 1. The van der Waals surface area contributed by atoms with Crippen molar-refractivity contribution in [3.8, 4) is 0 Å². The molecule has 0 bridgehead atoms. The van der Waals surface area contributed by atoms with E-state index in [0.29, 0.717) is 6.54 Å². The second-order valence-electron chi connectivity index (χ2n) is 5.51. The molecule has 2 atom stereocenters. The summed E-state index contributed by atoms with van der Waals surface area (Å²) < 4.78 is 40.6. The number of rotatable bonds is 3. The Labute approximate surface area is 129 Å². The Bertz CT molecular complexity index is 635. The van der Waals surface area contributed by atoms with Crippen LogP contribution in [0.2, 0.25) is 5.02 Å². The van der Waals surface area contributed by atoms with Gasteiger partial charge in [-0.15, -0.1) is 0 Å². The predicted molar refractivity (Wildman–Crippen MR) is 79.1 cm³/mol. The number of piperidine rings is 1. The van der Waals surface area contributed by atoms with Crippen LogP contribution in [0.15, 0.2) is 17.0 Å². The summed E-state index contributed by atoms with van der Waals surface area (Å²) >= 11 is 5.71. The summed E-state index contributed by atoms with van der Waals surface area (Å²) in [6, 6.07) is 2.02. The normalized spacial score (nSPS) is 24.2. The second-order valence-corrected chi connectivity index (χ2v) is 7.78. The summed E-state index contributed by atoms with van der Waals surface area (Å²) in [5.74, 6) is -0.581. The van der Waals surface area contributed by atoms with Gasteiger partial charge in [-0.25, -0.2) is 12.8 Å².